The highest BCUT2D eigenvalue weighted by atomic mass is 35.5. The molecule has 1 amide bonds. The van der Waals surface area contributed by atoms with Gasteiger partial charge < -0.3 is 9.42 Å². The molecule has 0 aliphatic carbocycles. The van der Waals surface area contributed by atoms with Gasteiger partial charge in [-0.2, -0.15) is 4.98 Å². The van der Waals surface area contributed by atoms with Crippen LogP contribution in [-0.4, -0.2) is 27.5 Å². The molecule has 1 atom stereocenters. The molecule has 0 saturated carbocycles. The van der Waals surface area contributed by atoms with Crippen molar-refractivity contribution < 1.29 is 9.32 Å². The molecule has 2 aromatic carbocycles. The lowest BCUT2D eigenvalue weighted by Gasteiger charge is -2.21. The van der Waals surface area contributed by atoms with E-state index in [2.05, 4.69) is 10.1 Å². The Labute approximate surface area is 156 Å². The van der Waals surface area contributed by atoms with Crippen molar-refractivity contribution in [3.05, 3.63) is 70.6 Å². The first-order chi connectivity index (χ1) is 12.6. The molecule has 0 bridgehead atoms. The molecule has 26 heavy (non-hydrogen) atoms. The number of hydrogen-bond donors (Lipinski definition) is 0. The maximum Gasteiger partial charge on any atom is 0.254 e. The van der Waals surface area contributed by atoms with Gasteiger partial charge in [0.05, 0.1) is 0 Å². The number of likely N-dealkylation sites (tertiary alicyclic amines) is 1. The van der Waals surface area contributed by atoms with Crippen LogP contribution in [0.2, 0.25) is 5.02 Å². The van der Waals surface area contributed by atoms with Crippen LogP contribution in [0.1, 0.15) is 40.7 Å². The number of amides is 1. The minimum Gasteiger partial charge on any atom is -0.337 e. The molecule has 0 radical (unpaired) electrons. The molecule has 132 valence electrons. The highest BCUT2D eigenvalue weighted by molar-refractivity contribution is 6.30. The quantitative estimate of drug-likeness (QED) is 0.674. The van der Waals surface area contributed by atoms with Crippen molar-refractivity contribution in [2.45, 2.75) is 25.8 Å². The van der Waals surface area contributed by atoms with Gasteiger partial charge in [0.25, 0.3) is 5.91 Å². The minimum absolute atomic E-state index is 0.0422. The Morgan fingerprint density at radius 1 is 1.23 bits per heavy atom. The van der Waals surface area contributed by atoms with Crippen LogP contribution in [0.4, 0.5) is 0 Å². The van der Waals surface area contributed by atoms with E-state index >= 15 is 0 Å². The third-order valence-corrected chi connectivity index (χ3v) is 4.86. The normalized spacial score (nSPS) is 16.8. The number of carbonyl (C=O) groups excluding carboxylic acids is 1. The van der Waals surface area contributed by atoms with E-state index in [1.165, 1.54) is 0 Å². The van der Waals surface area contributed by atoms with Gasteiger partial charge in [-0.25, -0.2) is 0 Å². The second-order valence-corrected chi connectivity index (χ2v) is 6.93. The predicted octanol–water partition coefficient (Wildman–Crippen LogP) is 4.68. The lowest BCUT2D eigenvalue weighted by Crippen LogP contribution is -2.30. The summed E-state index contributed by atoms with van der Waals surface area (Å²) in [7, 11) is 0. The number of benzene rings is 2. The van der Waals surface area contributed by atoms with Crippen LogP contribution < -0.4 is 0 Å². The Bertz CT molecular complexity index is 936. The van der Waals surface area contributed by atoms with Crippen LogP contribution in [0.3, 0.4) is 0 Å². The molecule has 1 fully saturated rings. The van der Waals surface area contributed by atoms with E-state index < -0.39 is 0 Å². The van der Waals surface area contributed by atoms with Crippen molar-refractivity contribution in [1.29, 1.82) is 0 Å². The third-order valence-electron chi connectivity index (χ3n) is 4.61. The van der Waals surface area contributed by atoms with Crippen molar-refractivity contribution in [3.8, 4) is 11.4 Å². The molecule has 0 spiro atoms. The molecule has 1 aliphatic heterocycles. The molecular weight excluding hydrogens is 350 g/mol. The molecule has 1 aliphatic rings. The number of rotatable bonds is 3. The summed E-state index contributed by atoms with van der Waals surface area (Å²) in [5, 5.41) is 4.72. The zero-order valence-corrected chi connectivity index (χ0v) is 15.1. The van der Waals surface area contributed by atoms with Crippen LogP contribution >= 0.6 is 11.6 Å². The number of carbonyl (C=O) groups is 1. The van der Waals surface area contributed by atoms with Crippen molar-refractivity contribution in [1.82, 2.24) is 15.0 Å². The molecule has 1 unspecified atom stereocenters. The van der Waals surface area contributed by atoms with E-state index in [0.29, 0.717) is 28.8 Å². The summed E-state index contributed by atoms with van der Waals surface area (Å²) < 4.78 is 5.50. The van der Waals surface area contributed by atoms with Gasteiger partial charge in [-0.1, -0.05) is 40.5 Å². The van der Waals surface area contributed by atoms with Crippen LogP contribution in [-0.2, 0) is 0 Å². The first kappa shape index (κ1) is 16.8. The van der Waals surface area contributed by atoms with Crippen LogP contribution in [0.15, 0.2) is 53.1 Å². The molecule has 6 heteroatoms. The summed E-state index contributed by atoms with van der Waals surface area (Å²) in [4.78, 5) is 19.2. The molecule has 3 aromatic rings. The molecule has 4 rings (SSSR count). The van der Waals surface area contributed by atoms with Gasteiger partial charge in [-0.15, -0.1) is 0 Å². The highest BCUT2D eigenvalue weighted by Crippen LogP contribution is 2.33. The largest absolute Gasteiger partial charge is 0.337 e. The number of aromatic nitrogens is 2. The number of nitrogens with zero attached hydrogens (tertiary/aromatic N) is 3. The van der Waals surface area contributed by atoms with Crippen molar-refractivity contribution >= 4 is 17.5 Å². The monoisotopic (exact) mass is 367 g/mol. The van der Waals surface area contributed by atoms with Gasteiger partial charge in [0.1, 0.15) is 6.04 Å². The van der Waals surface area contributed by atoms with Crippen LogP contribution in [0, 0.1) is 6.92 Å². The number of hydrogen-bond acceptors (Lipinski definition) is 4. The lowest BCUT2D eigenvalue weighted by molar-refractivity contribution is 0.0710. The summed E-state index contributed by atoms with van der Waals surface area (Å²) in [5.41, 5.74) is 2.66. The molecule has 1 saturated heterocycles. The Morgan fingerprint density at radius 2 is 2.04 bits per heavy atom. The van der Waals surface area contributed by atoms with E-state index in [9.17, 15) is 4.79 Å². The molecule has 2 heterocycles. The van der Waals surface area contributed by atoms with E-state index in [-0.39, 0.29) is 11.9 Å². The van der Waals surface area contributed by atoms with Crippen molar-refractivity contribution in [3.63, 3.8) is 0 Å². The second-order valence-electron chi connectivity index (χ2n) is 6.49. The van der Waals surface area contributed by atoms with Crippen LogP contribution in [0.25, 0.3) is 11.4 Å². The number of aryl methyl sites for hydroxylation is 1. The third kappa shape index (κ3) is 3.22. The Kier molecular flexibility index (Phi) is 4.47. The summed E-state index contributed by atoms with van der Waals surface area (Å²) in [6.45, 7) is 2.70. The minimum atomic E-state index is -0.191. The van der Waals surface area contributed by atoms with Gasteiger partial charge >= 0.3 is 0 Å². The topological polar surface area (TPSA) is 59.2 Å². The van der Waals surface area contributed by atoms with Gasteiger partial charge in [0.15, 0.2) is 0 Å². The summed E-state index contributed by atoms with van der Waals surface area (Å²) in [6, 6.07) is 14.7. The standard InChI is InChI=1S/C20H18ClN3O2/c1-13-4-2-5-15(12-13)18-22-19(26-23-18)17-6-3-11-24(17)20(25)14-7-9-16(21)10-8-14/h2,4-5,7-10,12,17H,3,6,11H2,1H3. The van der Waals surface area contributed by atoms with Gasteiger partial charge in [-0.05, 0) is 50.1 Å². The van der Waals surface area contributed by atoms with E-state index in [4.69, 9.17) is 16.1 Å². The van der Waals surface area contributed by atoms with E-state index in [0.717, 1.165) is 24.0 Å². The zero-order valence-electron chi connectivity index (χ0n) is 14.4. The Balaban J connectivity index is 1.59. The fourth-order valence-corrected chi connectivity index (χ4v) is 3.42. The summed E-state index contributed by atoms with van der Waals surface area (Å²) in [5.74, 6) is 0.996. The lowest BCUT2D eigenvalue weighted by atomic mass is 10.1. The summed E-state index contributed by atoms with van der Waals surface area (Å²) in [6.07, 6.45) is 1.72. The Morgan fingerprint density at radius 3 is 2.81 bits per heavy atom. The first-order valence-electron chi connectivity index (χ1n) is 8.59. The first-order valence-corrected chi connectivity index (χ1v) is 8.97. The van der Waals surface area contributed by atoms with Crippen LogP contribution in [0.5, 0.6) is 0 Å². The molecule has 1 aromatic heterocycles. The molecular formula is C20H18ClN3O2. The maximum atomic E-state index is 12.9. The number of halogens is 1. The fraction of sp³-hybridized carbons (Fsp3) is 0.250. The molecule has 0 N–H and O–H groups in total. The average molecular weight is 368 g/mol. The molecule has 5 nitrogen and oxygen atoms in total. The van der Waals surface area contributed by atoms with Gasteiger partial charge in [-0.3, -0.25) is 4.79 Å². The highest BCUT2D eigenvalue weighted by Gasteiger charge is 2.34. The van der Waals surface area contributed by atoms with Gasteiger partial charge in [0.2, 0.25) is 11.7 Å². The zero-order chi connectivity index (χ0) is 18.1. The second kappa shape index (κ2) is 6.92. The maximum absolute atomic E-state index is 12.9. The van der Waals surface area contributed by atoms with E-state index in [1.807, 2.05) is 31.2 Å². The smallest absolute Gasteiger partial charge is 0.254 e. The average Bonchev–Trinajstić information content (AvgIpc) is 3.31. The predicted molar refractivity (Wildman–Crippen MR) is 98.9 cm³/mol. The SMILES string of the molecule is Cc1cccc(-c2noc(C3CCCN3C(=O)c3ccc(Cl)cc3)n2)c1. The van der Waals surface area contributed by atoms with Gasteiger partial charge in [0, 0.05) is 22.7 Å². The summed E-state index contributed by atoms with van der Waals surface area (Å²) >= 11 is 5.91. The Hall–Kier alpha value is -2.66. The fourth-order valence-electron chi connectivity index (χ4n) is 3.30. The van der Waals surface area contributed by atoms with Crippen molar-refractivity contribution in [2.75, 3.05) is 6.54 Å². The van der Waals surface area contributed by atoms with Crippen molar-refractivity contribution in [2.24, 2.45) is 0 Å². The van der Waals surface area contributed by atoms with E-state index in [1.54, 1.807) is 29.2 Å².